The SMILES string of the molecule is COc1ccc(N2CCN(C(=O)Cc3cnc(-n4cccc4)s3)CC2)cc1. The van der Waals surface area contributed by atoms with Crippen LogP contribution < -0.4 is 9.64 Å². The summed E-state index contributed by atoms with van der Waals surface area (Å²) in [4.78, 5) is 22.3. The number of hydrogen-bond donors (Lipinski definition) is 0. The summed E-state index contributed by atoms with van der Waals surface area (Å²) < 4.78 is 7.17. The highest BCUT2D eigenvalue weighted by Gasteiger charge is 2.22. The quantitative estimate of drug-likeness (QED) is 0.681. The van der Waals surface area contributed by atoms with E-state index in [4.69, 9.17) is 4.74 Å². The number of carbonyl (C=O) groups excluding carboxylic acids is 1. The van der Waals surface area contributed by atoms with Crippen molar-refractivity contribution in [3.63, 3.8) is 0 Å². The zero-order chi connectivity index (χ0) is 18.6. The average Bonchev–Trinajstić information content (AvgIpc) is 3.40. The third-order valence-corrected chi connectivity index (χ3v) is 5.77. The molecule has 0 unspecified atom stereocenters. The number of benzene rings is 1. The van der Waals surface area contributed by atoms with Crippen LogP contribution >= 0.6 is 11.3 Å². The fraction of sp³-hybridized carbons (Fsp3) is 0.300. The summed E-state index contributed by atoms with van der Waals surface area (Å²) in [5, 5.41) is 0.895. The zero-order valence-corrected chi connectivity index (χ0v) is 16.1. The Bertz CT molecular complexity index is 881. The molecule has 1 fully saturated rings. The van der Waals surface area contributed by atoms with Crippen LogP contribution in [0, 0.1) is 0 Å². The second-order valence-electron chi connectivity index (χ2n) is 6.44. The van der Waals surface area contributed by atoms with E-state index >= 15 is 0 Å². The second kappa shape index (κ2) is 7.84. The number of rotatable bonds is 5. The number of piperazine rings is 1. The Hall–Kier alpha value is -2.80. The predicted octanol–water partition coefficient (Wildman–Crippen LogP) is 2.83. The fourth-order valence-corrected chi connectivity index (χ4v) is 4.10. The minimum atomic E-state index is 0.173. The molecule has 1 saturated heterocycles. The van der Waals surface area contributed by atoms with Crippen LogP contribution in [0.4, 0.5) is 5.69 Å². The molecular formula is C20H22N4O2S. The smallest absolute Gasteiger partial charge is 0.228 e. The molecule has 1 aromatic carbocycles. The molecular weight excluding hydrogens is 360 g/mol. The van der Waals surface area contributed by atoms with E-state index in [0.29, 0.717) is 6.42 Å². The number of ether oxygens (including phenoxy) is 1. The third-order valence-electron chi connectivity index (χ3n) is 4.76. The number of aromatic nitrogens is 2. The maximum Gasteiger partial charge on any atom is 0.228 e. The highest BCUT2D eigenvalue weighted by atomic mass is 32.1. The highest BCUT2D eigenvalue weighted by Crippen LogP contribution is 2.22. The predicted molar refractivity (Wildman–Crippen MR) is 107 cm³/mol. The Balaban J connectivity index is 1.32. The van der Waals surface area contributed by atoms with E-state index in [2.05, 4.69) is 22.0 Å². The Labute approximate surface area is 162 Å². The second-order valence-corrected chi connectivity index (χ2v) is 7.54. The number of nitrogens with zero attached hydrogens (tertiary/aromatic N) is 4. The van der Waals surface area contributed by atoms with Crippen molar-refractivity contribution >= 4 is 22.9 Å². The summed E-state index contributed by atoms with van der Waals surface area (Å²) in [5.74, 6) is 1.03. The van der Waals surface area contributed by atoms with Gasteiger partial charge in [-0.05, 0) is 36.4 Å². The van der Waals surface area contributed by atoms with Gasteiger partial charge in [0.25, 0.3) is 0 Å². The molecule has 0 saturated carbocycles. The minimum absolute atomic E-state index is 0.173. The van der Waals surface area contributed by atoms with Gasteiger partial charge in [0.05, 0.1) is 13.5 Å². The van der Waals surface area contributed by atoms with Crippen LogP contribution in [0.1, 0.15) is 4.88 Å². The van der Waals surface area contributed by atoms with Gasteiger partial charge in [-0.3, -0.25) is 4.79 Å². The lowest BCUT2D eigenvalue weighted by molar-refractivity contribution is -0.130. The molecule has 1 aliphatic heterocycles. The van der Waals surface area contributed by atoms with Gasteiger partial charge in [0.15, 0.2) is 5.13 Å². The third kappa shape index (κ3) is 3.98. The maximum absolute atomic E-state index is 12.7. The summed E-state index contributed by atoms with van der Waals surface area (Å²) in [6.07, 6.45) is 6.15. The number of hydrogen-bond acceptors (Lipinski definition) is 5. The molecule has 0 spiro atoms. The van der Waals surface area contributed by atoms with Crippen molar-refractivity contribution in [2.24, 2.45) is 0 Å². The van der Waals surface area contributed by atoms with E-state index in [0.717, 1.165) is 41.9 Å². The number of carbonyl (C=O) groups is 1. The number of anilines is 1. The van der Waals surface area contributed by atoms with Gasteiger partial charge in [-0.1, -0.05) is 0 Å². The van der Waals surface area contributed by atoms with Gasteiger partial charge in [0.1, 0.15) is 5.75 Å². The molecule has 3 aromatic rings. The molecule has 6 nitrogen and oxygen atoms in total. The van der Waals surface area contributed by atoms with E-state index in [9.17, 15) is 4.79 Å². The van der Waals surface area contributed by atoms with Gasteiger partial charge in [0.2, 0.25) is 5.91 Å². The molecule has 0 atom stereocenters. The number of amides is 1. The Kier molecular flexibility index (Phi) is 5.11. The fourth-order valence-electron chi connectivity index (χ4n) is 3.23. The van der Waals surface area contributed by atoms with Crippen LogP contribution in [0.3, 0.4) is 0 Å². The van der Waals surface area contributed by atoms with Gasteiger partial charge in [-0.15, -0.1) is 11.3 Å². The van der Waals surface area contributed by atoms with Crippen molar-refractivity contribution in [3.05, 3.63) is 59.9 Å². The van der Waals surface area contributed by atoms with Gasteiger partial charge in [0, 0.05) is 55.3 Å². The Morgan fingerprint density at radius 1 is 1.11 bits per heavy atom. The molecule has 27 heavy (non-hydrogen) atoms. The molecule has 0 aliphatic carbocycles. The van der Waals surface area contributed by atoms with E-state index in [1.54, 1.807) is 18.4 Å². The molecule has 4 rings (SSSR count). The summed E-state index contributed by atoms with van der Waals surface area (Å²) >= 11 is 1.57. The molecule has 140 valence electrons. The molecule has 7 heteroatoms. The number of methoxy groups -OCH3 is 1. The minimum Gasteiger partial charge on any atom is -0.497 e. The first-order valence-corrected chi connectivity index (χ1v) is 9.79. The summed E-state index contributed by atoms with van der Waals surface area (Å²) in [6.45, 7) is 3.17. The molecule has 2 aromatic heterocycles. The number of thiazole rings is 1. The van der Waals surface area contributed by atoms with Crippen molar-refractivity contribution in [2.75, 3.05) is 38.2 Å². The molecule has 0 N–H and O–H groups in total. The monoisotopic (exact) mass is 382 g/mol. The van der Waals surface area contributed by atoms with Gasteiger partial charge >= 0.3 is 0 Å². The lowest BCUT2D eigenvalue weighted by atomic mass is 10.2. The standard InChI is InChI=1S/C20H22N4O2S/c1-26-17-6-4-16(5-7-17)22-10-12-23(13-11-22)19(25)14-18-15-21-20(27-18)24-8-2-3-9-24/h2-9,15H,10-14H2,1H3. The van der Waals surface area contributed by atoms with Gasteiger partial charge in [-0.25, -0.2) is 4.98 Å². The van der Waals surface area contributed by atoms with Crippen molar-refractivity contribution in [1.29, 1.82) is 0 Å². The first kappa shape index (κ1) is 17.6. The van der Waals surface area contributed by atoms with Crippen molar-refractivity contribution in [3.8, 4) is 10.9 Å². The molecule has 0 bridgehead atoms. The van der Waals surface area contributed by atoms with Crippen LogP contribution in [0.2, 0.25) is 0 Å². The molecule has 3 heterocycles. The lowest BCUT2D eigenvalue weighted by Crippen LogP contribution is -2.49. The van der Waals surface area contributed by atoms with Crippen LogP contribution in [0.5, 0.6) is 5.75 Å². The molecule has 0 radical (unpaired) electrons. The first-order valence-electron chi connectivity index (χ1n) is 8.98. The summed E-state index contributed by atoms with van der Waals surface area (Å²) in [5.41, 5.74) is 1.17. The largest absolute Gasteiger partial charge is 0.497 e. The van der Waals surface area contributed by atoms with E-state index in [-0.39, 0.29) is 5.91 Å². The van der Waals surface area contributed by atoms with E-state index < -0.39 is 0 Å². The van der Waals surface area contributed by atoms with Crippen LogP contribution in [-0.2, 0) is 11.2 Å². The summed E-state index contributed by atoms with van der Waals surface area (Å²) in [7, 11) is 1.67. The maximum atomic E-state index is 12.7. The van der Waals surface area contributed by atoms with Gasteiger partial charge < -0.3 is 19.1 Å². The normalized spacial score (nSPS) is 14.4. The Morgan fingerprint density at radius 2 is 1.81 bits per heavy atom. The summed E-state index contributed by atoms with van der Waals surface area (Å²) in [6, 6.07) is 12.0. The Morgan fingerprint density at radius 3 is 2.48 bits per heavy atom. The molecule has 1 amide bonds. The van der Waals surface area contributed by atoms with Crippen molar-refractivity contribution < 1.29 is 9.53 Å². The zero-order valence-electron chi connectivity index (χ0n) is 15.2. The van der Waals surface area contributed by atoms with Crippen molar-refractivity contribution in [1.82, 2.24) is 14.5 Å². The average molecular weight is 382 g/mol. The van der Waals surface area contributed by atoms with Crippen LogP contribution in [0.25, 0.3) is 5.13 Å². The highest BCUT2D eigenvalue weighted by molar-refractivity contribution is 7.14. The van der Waals surface area contributed by atoms with E-state index in [1.165, 1.54) is 5.69 Å². The first-order chi connectivity index (χ1) is 13.2. The van der Waals surface area contributed by atoms with Crippen molar-refractivity contribution in [2.45, 2.75) is 6.42 Å². The van der Waals surface area contributed by atoms with E-state index in [1.807, 2.05) is 52.3 Å². The van der Waals surface area contributed by atoms with Crippen LogP contribution in [-0.4, -0.2) is 53.6 Å². The molecule has 1 aliphatic rings. The van der Waals surface area contributed by atoms with Crippen LogP contribution in [0.15, 0.2) is 55.0 Å². The lowest BCUT2D eigenvalue weighted by Gasteiger charge is -2.36. The van der Waals surface area contributed by atoms with Gasteiger partial charge in [-0.2, -0.15) is 0 Å². The topological polar surface area (TPSA) is 50.6 Å².